The minimum Gasteiger partial charge on any atom is -0.405 e. The molecule has 1 aliphatic rings. The van der Waals surface area contributed by atoms with Gasteiger partial charge in [-0.15, -0.1) is 13.2 Å². The van der Waals surface area contributed by atoms with Crippen molar-refractivity contribution in [3.63, 3.8) is 0 Å². The smallest absolute Gasteiger partial charge is 0.405 e. The van der Waals surface area contributed by atoms with E-state index in [1.165, 1.54) is 6.07 Å². The van der Waals surface area contributed by atoms with Gasteiger partial charge in [-0.2, -0.15) is 0 Å². The Bertz CT molecular complexity index is 389. The zero-order chi connectivity index (χ0) is 11.8. The predicted octanol–water partition coefficient (Wildman–Crippen LogP) is 2.62. The number of benzene rings is 1. The molecular formula is C11H12F3NO. The van der Waals surface area contributed by atoms with Crippen LogP contribution in [0.2, 0.25) is 0 Å². The fourth-order valence-corrected chi connectivity index (χ4v) is 1.89. The molecule has 0 radical (unpaired) electrons. The number of ether oxygens (including phenoxy) is 1. The van der Waals surface area contributed by atoms with Crippen LogP contribution in [0.5, 0.6) is 5.75 Å². The van der Waals surface area contributed by atoms with Gasteiger partial charge in [-0.05, 0) is 25.0 Å². The molecule has 0 saturated carbocycles. The number of nitrogens with one attached hydrogen (secondary N) is 1. The number of fused-ring (bicyclic) bond motifs is 1. The molecule has 1 aromatic rings. The molecule has 1 heterocycles. The molecule has 0 aliphatic carbocycles. The van der Waals surface area contributed by atoms with Crippen molar-refractivity contribution >= 4 is 0 Å². The van der Waals surface area contributed by atoms with Crippen LogP contribution in [-0.4, -0.2) is 12.4 Å². The van der Waals surface area contributed by atoms with Gasteiger partial charge < -0.3 is 10.1 Å². The van der Waals surface area contributed by atoms with E-state index in [0.29, 0.717) is 18.5 Å². The second-order valence-corrected chi connectivity index (χ2v) is 3.93. The molecule has 1 N–H and O–H groups in total. The van der Waals surface area contributed by atoms with Crippen molar-refractivity contribution in [2.75, 3.05) is 0 Å². The summed E-state index contributed by atoms with van der Waals surface area (Å²) in [6, 6.07) is 4.94. The summed E-state index contributed by atoms with van der Waals surface area (Å²) in [6.45, 7) is 2.53. The molecule has 0 fully saturated rings. The third-order valence-corrected chi connectivity index (χ3v) is 2.61. The maximum atomic E-state index is 12.2. The van der Waals surface area contributed by atoms with Crippen molar-refractivity contribution in [2.45, 2.75) is 32.3 Å². The molecule has 16 heavy (non-hydrogen) atoms. The molecule has 0 spiro atoms. The number of rotatable bonds is 1. The number of hydrogen-bond donors (Lipinski definition) is 1. The lowest BCUT2D eigenvalue weighted by atomic mass is 9.96. The summed E-state index contributed by atoms with van der Waals surface area (Å²) in [7, 11) is 0. The largest absolute Gasteiger partial charge is 0.573 e. The summed E-state index contributed by atoms with van der Waals surface area (Å²) in [5, 5.41) is 3.19. The predicted molar refractivity (Wildman–Crippen MR) is 53.1 cm³/mol. The normalized spacial score (nSPS) is 20.4. The molecule has 1 aliphatic heterocycles. The van der Waals surface area contributed by atoms with Crippen LogP contribution in [0.4, 0.5) is 13.2 Å². The van der Waals surface area contributed by atoms with Gasteiger partial charge in [-0.1, -0.05) is 12.1 Å². The monoisotopic (exact) mass is 231 g/mol. The van der Waals surface area contributed by atoms with Crippen LogP contribution in [0.3, 0.4) is 0 Å². The molecule has 0 amide bonds. The van der Waals surface area contributed by atoms with Crippen LogP contribution < -0.4 is 10.1 Å². The van der Waals surface area contributed by atoms with E-state index in [0.717, 1.165) is 5.56 Å². The quantitative estimate of drug-likeness (QED) is 0.802. The van der Waals surface area contributed by atoms with Crippen LogP contribution in [0.1, 0.15) is 18.1 Å². The lowest BCUT2D eigenvalue weighted by Gasteiger charge is -2.25. The van der Waals surface area contributed by atoms with Crippen molar-refractivity contribution in [2.24, 2.45) is 0 Å². The minimum atomic E-state index is -4.62. The molecule has 1 aromatic carbocycles. The SMILES string of the molecule is CC1Cc2c(cccc2OC(F)(F)F)CN1. The zero-order valence-corrected chi connectivity index (χ0v) is 8.77. The Hall–Kier alpha value is -1.23. The maximum Gasteiger partial charge on any atom is 0.573 e. The molecule has 88 valence electrons. The lowest BCUT2D eigenvalue weighted by molar-refractivity contribution is -0.275. The maximum absolute atomic E-state index is 12.2. The third kappa shape index (κ3) is 2.47. The number of hydrogen-bond acceptors (Lipinski definition) is 2. The van der Waals surface area contributed by atoms with E-state index in [1.54, 1.807) is 6.07 Å². The van der Waals surface area contributed by atoms with Gasteiger partial charge in [0.25, 0.3) is 0 Å². The summed E-state index contributed by atoms with van der Waals surface area (Å²) in [5.41, 5.74) is 1.53. The van der Waals surface area contributed by atoms with E-state index >= 15 is 0 Å². The van der Waals surface area contributed by atoms with Gasteiger partial charge in [0, 0.05) is 18.2 Å². The summed E-state index contributed by atoms with van der Waals surface area (Å²) < 4.78 is 40.5. The van der Waals surface area contributed by atoms with Crippen LogP contribution in [0.15, 0.2) is 18.2 Å². The highest BCUT2D eigenvalue weighted by atomic mass is 19.4. The van der Waals surface area contributed by atoms with Crippen LogP contribution in [0.25, 0.3) is 0 Å². The van der Waals surface area contributed by atoms with Crippen molar-refractivity contribution in [1.82, 2.24) is 5.32 Å². The average Bonchev–Trinajstić information content (AvgIpc) is 2.17. The summed E-state index contributed by atoms with van der Waals surface area (Å²) in [6.07, 6.45) is -4.06. The van der Waals surface area contributed by atoms with Gasteiger partial charge in [0.05, 0.1) is 0 Å². The van der Waals surface area contributed by atoms with Gasteiger partial charge in [0.1, 0.15) is 5.75 Å². The molecule has 2 nitrogen and oxygen atoms in total. The fourth-order valence-electron chi connectivity index (χ4n) is 1.89. The van der Waals surface area contributed by atoms with Crippen LogP contribution >= 0.6 is 0 Å². The average molecular weight is 231 g/mol. The Labute approximate surface area is 91.4 Å². The van der Waals surface area contributed by atoms with E-state index in [4.69, 9.17) is 0 Å². The second-order valence-electron chi connectivity index (χ2n) is 3.93. The lowest BCUT2D eigenvalue weighted by Crippen LogP contribution is -2.33. The van der Waals surface area contributed by atoms with Gasteiger partial charge in [-0.25, -0.2) is 0 Å². The van der Waals surface area contributed by atoms with Crippen molar-refractivity contribution in [3.05, 3.63) is 29.3 Å². The highest BCUT2D eigenvalue weighted by Gasteiger charge is 2.33. The van der Waals surface area contributed by atoms with Crippen molar-refractivity contribution in [3.8, 4) is 5.75 Å². The molecule has 1 unspecified atom stereocenters. The van der Waals surface area contributed by atoms with Crippen LogP contribution in [0, 0.1) is 0 Å². The van der Waals surface area contributed by atoms with Crippen molar-refractivity contribution < 1.29 is 17.9 Å². The van der Waals surface area contributed by atoms with E-state index in [2.05, 4.69) is 10.1 Å². The van der Waals surface area contributed by atoms with Gasteiger partial charge in [-0.3, -0.25) is 0 Å². The first-order chi connectivity index (χ1) is 7.46. The highest BCUT2D eigenvalue weighted by Crippen LogP contribution is 2.31. The van der Waals surface area contributed by atoms with Crippen LogP contribution in [-0.2, 0) is 13.0 Å². The first-order valence-electron chi connectivity index (χ1n) is 5.05. The Morgan fingerprint density at radius 3 is 2.81 bits per heavy atom. The van der Waals surface area contributed by atoms with Gasteiger partial charge in [0.2, 0.25) is 0 Å². The Kier molecular flexibility index (Phi) is 2.80. The molecule has 5 heteroatoms. The number of halogens is 3. The van der Waals surface area contributed by atoms with Gasteiger partial charge in [0.15, 0.2) is 0 Å². The Balaban J connectivity index is 2.32. The number of alkyl halides is 3. The molecule has 0 aromatic heterocycles. The highest BCUT2D eigenvalue weighted by molar-refractivity contribution is 5.42. The first-order valence-corrected chi connectivity index (χ1v) is 5.05. The third-order valence-electron chi connectivity index (χ3n) is 2.61. The molecule has 1 atom stereocenters. The summed E-state index contributed by atoms with van der Waals surface area (Å²) in [4.78, 5) is 0. The second kappa shape index (κ2) is 3.97. The van der Waals surface area contributed by atoms with E-state index in [9.17, 15) is 13.2 Å². The first kappa shape index (κ1) is 11.3. The molecule has 2 rings (SSSR count). The minimum absolute atomic E-state index is 0.0710. The van der Waals surface area contributed by atoms with Gasteiger partial charge >= 0.3 is 6.36 Å². The Morgan fingerprint density at radius 1 is 1.38 bits per heavy atom. The topological polar surface area (TPSA) is 21.3 Å². The summed E-state index contributed by atoms with van der Waals surface area (Å²) >= 11 is 0. The van der Waals surface area contributed by atoms with E-state index < -0.39 is 6.36 Å². The standard InChI is InChI=1S/C11H12F3NO/c1-7-5-9-8(6-15-7)3-2-4-10(9)16-11(12,13)14/h2-4,7,15H,5-6H2,1H3. The van der Waals surface area contributed by atoms with Crippen molar-refractivity contribution in [1.29, 1.82) is 0 Å². The Morgan fingerprint density at radius 2 is 2.12 bits per heavy atom. The van der Waals surface area contributed by atoms with E-state index in [1.807, 2.05) is 13.0 Å². The molecule has 0 bridgehead atoms. The molecule has 0 saturated heterocycles. The zero-order valence-electron chi connectivity index (χ0n) is 8.77. The summed E-state index contributed by atoms with van der Waals surface area (Å²) in [5.74, 6) is -0.0710. The fraction of sp³-hybridized carbons (Fsp3) is 0.455. The molecular weight excluding hydrogens is 219 g/mol. The van der Waals surface area contributed by atoms with E-state index in [-0.39, 0.29) is 11.8 Å².